The molecule has 1 aliphatic carbocycles. The Morgan fingerprint density at radius 1 is 1.25 bits per heavy atom. The molecule has 0 atom stereocenters. The van der Waals surface area contributed by atoms with Crippen molar-refractivity contribution in [3.63, 3.8) is 0 Å². The summed E-state index contributed by atoms with van der Waals surface area (Å²) in [5.74, 6) is -0.442. The second-order valence-corrected chi connectivity index (χ2v) is 6.90. The van der Waals surface area contributed by atoms with E-state index in [1.54, 1.807) is 17.7 Å². The minimum absolute atomic E-state index is 0.0357. The third-order valence-corrected chi connectivity index (χ3v) is 5.06. The van der Waals surface area contributed by atoms with Gasteiger partial charge < -0.3 is 4.90 Å². The van der Waals surface area contributed by atoms with Gasteiger partial charge in [0, 0.05) is 37.5 Å². The number of H-pyrrole nitrogens is 1. The molecule has 1 aromatic carbocycles. The molecule has 9 nitrogen and oxygen atoms in total. The van der Waals surface area contributed by atoms with Crippen LogP contribution in [0.25, 0.3) is 0 Å². The number of fused-ring (bicyclic) bond motifs is 1. The Bertz CT molecular complexity index is 1020. The zero-order chi connectivity index (χ0) is 20.3. The standard InChI is InChI=1S/C19H22N4O5/c1-21(18(25)14-8-3-5-10-16(14)23(27)28)11-6-12-22-15-9-4-2-7-13(15)17(24)20-19(22)26/h3,5,8,10H,2,4,6-7,9,11-12H2,1H3,(H,20,24,26). The molecule has 0 bridgehead atoms. The fourth-order valence-electron chi connectivity index (χ4n) is 3.62. The third kappa shape index (κ3) is 3.88. The van der Waals surface area contributed by atoms with Crippen LogP contribution in [-0.4, -0.2) is 38.9 Å². The first-order chi connectivity index (χ1) is 13.4. The van der Waals surface area contributed by atoms with Gasteiger partial charge in [-0.05, 0) is 38.2 Å². The number of nitro benzene ring substituents is 1. The predicted octanol–water partition coefficient (Wildman–Crippen LogP) is 1.49. The molecule has 148 valence electrons. The highest BCUT2D eigenvalue weighted by atomic mass is 16.6. The van der Waals surface area contributed by atoms with Crippen molar-refractivity contribution >= 4 is 11.6 Å². The van der Waals surface area contributed by atoms with E-state index in [0.717, 1.165) is 18.5 Å². The largest absolute Gasteiger partial charge is 0.341 e. The van der Waals surface area contributed by atoms with Crippen LogP contribution in [0.5, 0.6) is 0 Å². The van der Waals surface area contributed by atoms with Crippen LogP contribution in [0.1, 0.15) is 40.9 Å². The first-order valence-electron chi connectivity index (χ1n) is 9.24. The molecule has 1 aliphatic rings. The maximum Gasteiger partial charge on any atom is 0.328 e. The van der Waals surface area contributed by atoms with Crippen molar-refractivity contribution in [3.05, 3.63) is 72.0 Å². The summed E-state index contributed by atoms with van der Waals surface area (Å²) in [5, 5.41) is 11.1. The Labute approximate surface area is 160 Å². The molecule has 0 saturated carbocycles. The molecule has 0 unspecified atom stereocenters. The second-order valence-electron chi connectivity index (χ2n) is 6.90. The second kappa shape index (κ2) is 8.20. The number of carbonyl (C=O) groups is 1. The Morgan fingerprint density at radius 3 is 2.71 bits per heavy atom. The summed E-state index contributed by atoms with van der Waals surface area (Å²) in [6.45, 7) is 0.692. The Balaban J connectivity index is 1.71. The molecule has 0 fully saturated rings. The van der Waals surface area contributed by atoms with Gasteiger partial charge in [0.15, 0.2) is 0 Å². The van der Waals surface area contributed by atoms with Gasteiger partial charge in [-0.15, -0.1) is 0 Å². The maximum absolute atomic E-state index is 12.6. The number of aromatic nitrogens is 2. The summed E-state index contributed by atoms with van der Waals surface area (Å²) in [5.41, 5.74) is 0.527. The molecule has 3 rings (SSSR count). The van der Waals surface area contributed by atoms with Gasteiger partial charge in [0.25, 0.3) is 17.2 Å². The molecular weight excluding hydrogens is 364 g/mol. The van der Waals surface area contributed by atoms with Gasteiger partial charge in [-0.1, -0.05) is 12.1 Å². The molecule has 1 aromatic heterocycles. The average Bonchev–Trinajstić information content (AvgIpc) is 2.69. The predicted molar refractivity (Wildman–Crippen MR) is 103 cm³/mol. The number of aromatic amines is 1. The van der Waals surface area contributed by atoms with Crippen LogP contribution in [0.3, 0.4) is 0 Å². The van der Waals surface area contributed by atoms with Crippen LogP contribution in [0.15, 0.2) is 33.9 Å². The lowest BCUT2D eigenvalue weighted by atomic mass is 9.97. The van der Waals surface area contributed by atoms with E-state index in [2.05, 4.69) is 4.98 Å². The molecule has 0 aliphatic heterocycles. The monoisotopic (exact) mass is 386 g/mol. The minimum Gasteiger partial charge on any atom is -0.341 e. The number of hydrogen-bond acceptors (Lipinski definition) is 5. The van der Waals surface area contributed by atoms with Crippen molar-refractivity contribution in [3.8, 4) is 0 Å². The van der Waals surface area contributed by atoms with E-state index in [1.807, 2.05) is 0 Å². The van der Waals surface area contributed by atoms with Crippen molar-refractivity contribution < 1.29 is 9.72 Å². The highest BCUT2D eigenvalue weighted by Gasteiger charge is 2.22. The quantitative estimate of drug-likeness (QED) is 0.596. The van der Waals surface area contributed by atoms with E-state index in [-0.39, 0.29) is 16.8 Å². The van der Waals surface area contributed by atoms with Crippen molar-refractivity contribution in [2.45, 2.75) is 38.6 Å². The van der Waals surface area contributed by atoms with Crippen molar-refractivity contribution in [1.82, 2.24) is 14.5 Å². The topological polar surface area (TPSA) is 118 Å². The first kappa shape index (κ1) is 19.5. The van der Waals surface area contributed by atoms with E-state index in [9.17, 15) is 24.5 Å². The van der Waals surface area contributed by atoms with Crippen LogP contribution in [0.2, 0.25) is 0 Å². The number of nitro groups is 1. The van der Waals surface area contributed by atoms with Gasteiger partial charge in [0.05, 0.1) is 4.92 Å². The van der Waals surface area contributed by atoms with Crippen molar-refractivity contribution in [1.29, 1.82) is 0 Å². The van der Waals surface area contributed by atoms with Crippen LogP contribution in [0.4, 0.5) is 5.69 Å². The van der Waals surface area contributed by atoms with Crippen molar-refractivity contribution in [2.75, 3.05) is 13.6 Å². The van der Waals surface area contributed by atoms with E-state index < -0.39 is 16.5 Å². The van der Waals surface area contributed by atoms with E-state index in [1.165, 1.54) is 23.1 Å². The van der Waals surface area contributed by atoms with Gasteiger partial charge in [0.2, 0.25) is 0 Å². The molecule has 0 spiro atoms. The van der Waals surface area contributed by atoms with Crippen LogP contribution in [0, 0.1) is 10.1 Å². The number of nitrogens with zero attached hydrogens (tertiary/aromatic N) is 3. The summed E-state index contributed by atoms with van der Waals surface area (Å²) in [6, 6.07) is 5.83. The molecule has 2 aromatic rings. The van der Waals surface area contributed by atoms with Gasteiger partial charge in [-0.2, -0.15) is 0 Å². The summed E-state index contributed by atoms with van der Waals surface area (Å²) in [7, 11) is 1.57. The molecule has 0 saturated heterocycles. The number of carbonyl (C=O) groups excluding carboxylic acids is 1. The Hall–Kier alpha value is -3.23. The summed E-state index contributed by atoms with van der Waals surface area (Å²) >= 11 is 0. The number of nitrogens with one attached hydrogen (secondary N) is 1. The first-order valence-corrected chi connectivity index (χ1v) is 9.24. The Morgan fingerprint density at radius 2 is 1.96 bits per heavy atom. The Kier molecular flexibility index (Phi) is 5.72. The van der Waals surface area contributed by atoms with Crippen LogP contribution >= 0.6 is 0 Å². The summed E-state index contributed by atoms with van der Waals surface area (Å²) in [6.07, 6.45) is 3.72. The number of benzene rings is 1. The average molecular weight is 386 g/mol. The van der Waals surface area contributed by atoms with E-state index in [0.29, 0.717) is 37.9 Å². The van der Waals surface area contributed by atoms with Gasteiger partial charge >= 0.3 is 5.69 Å². The lowest BCUT2D eigenvalue weighted by Crippen LogP contribution is -2.37. The summed E-state index contributed by atoms with van der Waals surface area (Å²) < 4.78 is 1.58. The fraction of sp³-hybridized carbons (Fsp3) is 0.421. The smallest absolute Gasteiger partial charge is 0.328 e. The van der Waals surface area contributed by atoms with Gasteiger partial charge in [-0.3, -0.25) is 29.3 Å². The van der Waals surface area contributed by atoms with Crippen molar-refractivity contribution in [2.24, 2.45) is 0 Å². The molecule has 28 heavy (non-hydrogen) atoms. The van der Waals surface area contributed by atoms with Crippen LogP contribution < -0.4 is 11.2 Å². The lowest BCUT2D eigenvalue weighted by Gasteiger charge is -2.21. The highest BCUT2D eigenvalue weighted by Crippen LogP contribution is 2.20. The SMILES string of the molecule is CN(CCCn1c2c(c(=O)[nH]c1=O)CCCC2)C(=O)c1ccccc1[N+](=O)[O-]. The number of hydrogen-bond donors (Lipinski definition) is 1. The third-order valence-electron chi connectivity index (χ3n) is 5.06. The number of para-hydroxylation sites is 1. The minimum atomic E-state index is -0.576. The van der Waals surface area contributed by atoms with Gasteiger partial charge in [0.1, 0.15) is 5.56 Å². The van der Waals surface area contributed by atoms with Gasteiger partial charge in [-0.25, -0.2) is 4.79 Å². The van der Waals surface area contributed by atoms with E-state index in [4.69, 9.17) is 0 Å². The molecule has 1 N–H and O–H groups in total. The zero-order valence-corrected chi connectivity index (χ0v) is 15.6. The lowest BCUT2D eigenvalue weighted by molar-refractivity contribution is -0.385. The zero-order valence-electron chi connectivity index (χ0n) is 15.6. The van der Waals surface area contributed by atoms with Crippen LogP contribution in [-0.2, 0) is 19.4 Å². The highest BCUT2D eigenvalue weighted by molar-refractivity contribution is 5.97. The normalized spacial score (nSPS) is 13.0. The molecule has 1 amide bonds. The number of amides is 1. The number of rotatable bonds is 6. The maximum atomic E-state index is 12.6. The summed E-state index contributed by atoms with van der Waals surface area (Å²) in [4.78, 5) is 51.1. The molecule has 9 heteroatoms. The molecule has 1 heterocycles. The molecule has 0 radical (unpaired) electrons. The molecular formula is C19H22N4O5. The van der Waals surface area contributed by atoms with E-state index >= 15 is 0 Å². The fourth-order valence-corrected chi connectivity index (χ4v) is 3.62.